The highest BCUT2D eigenvalue weighted by Gasteiger charge is 2.06. The molecule has 1 aromatic heterocycles. The fraction of sp³-hybridized carbons (Fsp3) is 0.333. The Labute approximate surface area is 188 Å². The molecule has 0 radical (unpaired) electrons. The van der Waals surface area contributed by atoms with E-state index in [9.17, 15) is 0 Å². The first-order chi connectivity index (χ1) is 13.7. The molecule has 0 aliphatic heterocycles. The van der Waals surface area contributed by atoms with Crippen molar-refractivity contribution in [3.8, 4) is 11.5 Å². The highest BCUT2D eigenvalue weighted by atomic mass is 127. The van der Waals surface area contributed by atoms with Crippen molar-refractivity contribution in [1.82, 2.24) is 20.2 Å². The van der Waals surface area contributed by atoms with Gasteiger partial charge in [0.25, 0.3) is 0 Å². The predicted octanol–water partition coefficient (Wildman–Crippen LogP) is 3.43. The smallest absolute Gasteiger partial charge is 0.191 e. The van der Waals surface area contributed by atoms with Crippen molar-refractivity contribution in [2.45, 2.75) is 19.5 Å². The van der Waals surface area contributed by atoms with Crippen LogP contribution in [-0.4, -0.2) is 43.3 Å². The number of hydrogen-bond acceptors (Lipinski definition) is 4. The summed E-state index contributed by atoms with van der Waals surface area (Å²) >= 11 is 0. The van der Waals surface area contributed by atoms with E-state index >= 15 is 0 Å². The summed E-state index contributed by atoms with van der Waals surface area (Å²) in [5, 5.41) is 6.67. The van der Waals surface area contributed by atoms with Crippen molar-refractivity contribution >= 4 is 41.0 Å². The van der Waals surface area contributed by atoms with E-state index in [4.69, 9.17) is 9.47 Å². The quantitative estimate of drug-likeness (QED) is 0.211. The molecule has 8 heteroatoms. The summed E-state index contributed by atoms with van der Waals surface area (Å²) < 4.78 is 12.9. The molecule has 2 N–H and O–H groups in total. The fourth-order valence-corrected chi connectivity index (χ4v) is 3.04. The second kappa shape index (κ2) is 11.5. The number of guanidine groups is 1. The first-order valence-corrected chi connectivity index (χ1v) is 9.30. The molecule has 0 atom stereocenters. The summed E-state index contributed by atoms with van der Waals surface area (Å²) in [6.07, 6.45) is 2.86. The number of rotatable bonds is 8. The molecule has 0 spiro atoms. The second-order valence-corrected chi connectivity index (χ2v) is 6.31. The van der Waals surface area contributed by atoms with Gasteiger partial charge < -0.3 is 24.7 Å². The van der Waals surface area contributed by atoms with Crippen LogP contribution >= 0.6 is 24.0 Å². The van der Waals surface area contributed by atoms with Gasteiger partial charge in [-0.2, -0.15) is 0 Å². The number of ether oxygens (including phenoxy) is 2. The molecule has 156 valence electrons. The van der Waals surface area contributed by atoms with E-state index in [2.05, 4.69) is 31.2 Å². The Morgan fingerprint density at radius 1 is 1.10 bits per heavy atom. The SMILES string of the molecule is CN=C(NCCCn1cnc2ccccc21)NCc1ccc(OC)cc1OC.I. The van der Waals surface area contributed by atoms with Crippen molar-refractivity contribution in [3.05, 3.63) is 54.4 Å². The third-order valence-electron chi connectivity index (χ3n) is 4.56. The summed E-state index contributed by atoms with van der Waals surface area (Å²) in [7, 11) is 5.07. The number of aromatic nitrogens is 2. The molecular weight excluding hydrogens is 481 g/mol. The normalized spacial score (nSPS) is 11.1. The number of fused-ring (bicyclic) bond motifs is 1. The average molecular weight is 509 g/mol. The number of nitrogens with zero attached hydrogens (tertiary/aromatic N) is 3. The van der Waals surface area contributed by atoms with E-state index in [1.807, 2.05) is 42.7 Å². The minimum Gasteiger partial charge on any atom is -0.497 e. The van der Waals surface area contributed by atoms with Crippen molar-refractivity contribution < 1.29 is 9.47 Å². The van der Waals surface area contributed by atoms with Gasteiger partial charge in [0.1, 0.15) is 11.5 Å². The number of benzene rings is 2. The zero-order valence-electron chi connectivity index (χ0n) is 17.0. The molecule has 3 aromatic rings. The Balaban J connectivity index is 0.00000300. The number of halogens is 1. The average Bonchev–Trinajstić information content (AvgIpc) is 3.16. The maximum Gasteiger partial charge on any atom is 0.191 e. The predicted molar refractivity (Wildman–Crippen MR) is 128 cm³/mol. The lowest BCUT2D eigenvalue weighted by Gasteiger charge is -2.14. The summed E-state index contributed by atoms with van der Waals surface area (Å²) in [6, 6.07) is 14.0. The molecule has 3 rings (SSSR count). The summed E-state index contributed by atoms with van der Waals surface area (Å²) in [4.78, 5) is 8.71. The Bertz CT molecular complexity index is 942. The van der Waals surface area contributed by atoms with Crippen LogP contribution in [0.4, 0.5) is 0 Å². The van der Waals surface area contributed by atoms with Crippen molar-refractivity contribution in [3.63, 3.8) is 0 Å². The third kappa shape index (κ3) is 5.99. The Morgan fingerprint density at radius 2 is 1.93 bits per heavy atom. The van der Waals surface area contributed by atoms with Gasteiger partial charge >= 0.3 is 0 Å². The van der Waals surface area contributed by atoms with Gasteiger partial charge in [0.05, 0.1) is 31.6 Å². The lowest BCUT2D eigenvalue weighted by Crippen LogP contribution is -2.37. The van der Waals surface area contributed by atoms with Gasteiger partial charge in [0, 0.05) is 38.3 Å². The number of para-hydroxylation sites is 2. The van der Waals surface area contributed by atoms with Gasteiger partial charge in [-0.05, 0) is 30.7 Å². The highest BCUT2D eigenvalue weighted by molar-refractivity contribution is 14.0. The molecule has 0 aliphatic carbocycles. The van der Waals surface area contributed by atoms with E-state index < -0.39 is 0 Å². The molecule has 0 aliphatic rings. The van der Waals surface area contributed by atoms with Crippen LogP contribution in [0.15, 0.2) is 53.8 Å². The Hall–Kier alpha value is -2.49. The Kier molecular flexibility index (Phi) is 9.04. The number of aryl methyl sites for hydroxylation is 1. The summed E-state index contributed by atoms with van der Waals surface area (Å²) in [5.41, 5.74) is 3.23. The van der Waals surface area contributed by atoms with Crippen LogP contribution in [0.2, 0.25) is 0 Å². The number of methoxy groups -OCH3 is 2. The van der Waals surface area contributed by atoms with Crippen molar-refractivity contribution in [2.75, 3.05) is 27.8 Å². The van der Waals surface area contributed by atoms with Gasteiger partial charge in [0.15, 0.2) is 5.96 Å². The number of hydrogen-bond donors (Lipinski definition) is 2. The molecule has 29 heavy (non-hydrogen) atoms. The van der Waals surface area contributed by atoms with Gasteiger partial charge in [0.2, 0.25) is 0 Å². The van der Waals surface area contributed by atoms with E-state index in [-0.39, 0.29) is 24.0 Å². The zero-order chi connectivity index (χ0) is 19.8. The van der Waals surface area contributed by atoms with Gasteiger partial charge in [-0.1, -0.05) is 12.1 Å². The molecule has 2 aromatic carbocycles. The van der Waals surface area contributed by atoms with E-state index in [1.54, 1.807) is 21.3 Å². The molecule has 7 nitrogen and oxygen atoms in total. The topological polar surface area (TPSA) is 72.7 Å². The molecule has 0 saturated carbocycles. The van der Waals surface area contributed by atoms with Gasteiger partial charge in [-0.15, -0.1) is 24.0 Å². The van der Waals surface area contributed by atoms with Crippen LogP contribution < -0.4 is 20.1 Å². The molecule has 0 saturated heterocycles. The monoisotopic (exact) mass is 509 g/mol. The van der Waals surface area contributed by atoms with Crippen molar-refractivity contribution in [2.24, 2.45) is 4.99 Å². The van der Waals surface area contributed by atoms with Crippen LogP contribution in [0.1, 0.15) is 12.0 Å². The highest BCUT2D eigenvalue weighted by Crippen LogP contribution is 2.24. The second-order valence-electron chi connectivity index (χ2n) is 6.31. The van der Waals surface area contributed by atoms with Gasteiger partial charge in [-0.25, -0.2) is 4.98 Å². The standard InChI is InChI=1S/C21H27N5O2.HI/c1-22-21(24-14-16-9-10-17(27-2)13-20(16)28-3)23-11-6-12-26-15-25-18-7-4-5-8-19(18)26;/h4-5,7-10,13,15H,6,11-12,14H2,1-3H3,(H2,22,23,24);1H. The number of imidazole rings is 1. The summed E-state index contributed by atoms with van der Waals surface area (Å²) in [6.45, 7) is 2.32. The third-order valence-corrected chi connectivity index (χ3v) is 4.56. The Morgan fingerprint density at radius 3 is 2.69 bits per heavy atom. The number of aliphatic imine (C=N–C) groups is 1. The molecule has 0 fully saturated rings. The van der Waals surface area contributed by atoms with Crippen LogP contribution in [0.5, 0.6) is 11.5 Å². The minimum absolute atomic E-state index is 0. The molecule has 0 bridgehead atoms. The van der Waals surface area contributed by atoms with E-state index in [1.165, 1.54) is 0 Å². The maximum absolute atomic E-state index is 5.44. The van der Waals surface area contributed by atoms with Gasteiger partial charge in [-0.3, -0.25) is 4.99 Å². The largest absolute Gasteiger partial charge is 0.497 e. The maximum atomic E-state index is 5.44. The first kappa shape index (κ1) is 22.8. The van der Waals surface area contributed by atoms with E-state index in [0.29, 0.717) is 6.54 Å². The van der Waals surface area contributed by atoms with E-state index in [0.717, 1.165) is 53.6 Å². The summed E-state index contributed by atoms with van der Waals surface area (Å²) in [5.74, 6) is 2.32. The molecule has 0 amide bonds. The fourth-order valence-electron chi connectivity index (χ4n) is 3.04. The van der Waals surface area contributed by atoms with Crippen LogP contribution in [0.25, 0.3) is 11.0 Å². The van der Waals surface area contributed by atoms with Crippen molar-refractivity contribution in [1.29, 1.82) is 0 Å². The number of nitrogens with one attached hydrogen (secondary N) is 2. The van der Waals surface area contributed by atoms with Crippen LogP contribution in [0.3, 0.4) is 0 Å². The lowest BCUT2D eigenvalue weighted by atomic mass is 10.2. The first-order valence-electron chi connectivity index (χ1n) is 9.30. The lowest BCUT2D eigenvalue weighted by molar-refractivity contribution is 0.390. The van der Waals surface area contributed by atoms with Crippen LogP contribution in [-0.2, 0) is 13.1 Å². The van der Waals surface area contributed by atoms with Crippen LogP contribution in [0, 0.1) is 0 Å². The zero-order valence-corrected chi connectivity index (χ0v) is 19.3. The molecule has 0 unspecified atom stereocenters. The molecule has 1 heterocycles. The minimum atomic E-state index is 0. The molecular formula is C21H28IN5O2.